The molecule has 0 aliphatic carbocycles. The van der Waals surface area contributed by atoms with Crippen LogP contribution in [-0.2, 0) is 6.54 Å². The van der Waals surface area contributed by atoms with E-state index in [1.807, 2.05) is 23.2 Å². The molecule has 1 fully saturated rings. The predicted molar refractivity (Wildman–Crippen MR) is 116 cm³/mol. The molecule has 0 atom stereocenters. The third-order valence-corrected chi connectivity index (χ3v) is 5.91. The van der Waals surface area contributed by atoms with E-state index in [1.54, 1.807) is 12.1 Å². The van der Waals surface area contributed by atoms with Crippen LogP contribution in [0.1, 0.15) is 29.3 Å². The quantitative estimate of drug-likeness (QED) is 0.819. The van der Waals surface area contributed by atoms with Gasteiger partial charge in [-0.2, -0.15) is 0 Å². The maximum absolute atomic E-state index is 12.9. The molecule has 0 saturated carbocycles. The van der Waals surface area contributed by atoms with Crippen molar-refractivity contribution in [2.45, 2.75) is 19.9 Å². The Balaban J connectivity index is 1.25. The molecular formula is C23H30N4O2. The number of phenolic OH excluding ortho intramolecular Hbond substituents is 1. The first-order chi connectivity index (χ1) is 14.1. The summed E-state index contributed by atoms with van der Waals surface area (Å²) >= 11 is 0. The molecule has 3 heterocycles. The van der Waals surface area contributed by atoms with Crippen molar-refractivity contribution >= 4 is 17.7 Å². The van der Waals surface area contributed by atoms with Gasteiger partial charge in [0, 0.05) is 69.5 Å². The first-order valence-electron chi connectivity index (χ1n) is 10.6. The number of hydrogen-bond donors (Lipinski definition) is 1. The van der Waals surface area contributed by atoms with Gasteiger partial charge in [0.1, 0.15) is 5.75 Å². The lowest BCUT2D eigenvalue weighted by Crippen LogP contribution is -2.47. The Morgan fingerprint density at radius 2 is 1.76 bits per heavy atom. The van der Waals surface area contributed by atoms with Gasteiger partial charge in [-0.1, -0.05) is 12.2 Å². The number of hydrogen-bond acceptors (Lipinski definition) is 4. The van der Waals surface area contributed by atoms with E-state index in [9.17, 15) is 9.90 Å². The highest BCUT2D eigenvalue weighted by Gasteiger charge is 2.22. The van der Waals surface area contributed by atoms with Crippen LogP contribution < -0.4 is 4.90 Å². The molecule has 29 heavy (non-hydrogen) atoms. The van der Waals surface area contributed by atoms with Gasteiger partial charge in [-0.05, 0) is 44.2 Å². The number of aryl methyl sites for hydroxylation is 1. The summed E-state index contributed by atoms with van der Waals surface area (Å²) in [6, 6.07) is 7.44. The second-order valence-electron chi connectivity index (χ2n) is 7.81. The summed E-state index contributed by atoms with van der Waals surface area (Å²) in [4.78, 5) is 19.7. The Bertz CT molecular complexity index is 864. The first kappa shape index (κ1) is 19.6. The molecule has 4 rings (SSSR count). The summed E-state index contributed by atoms with van der Waals surface area (Å²) in [6.45, 7) is 9.49. The largest absolute Gasteiger partial charge is 0.508 e. The Morgan fingerprint density at radius 1 is 1.00 bits per heavy atom. The summed E-state index contributed by atoms with van der Waals surface area (Å²) in [5.74, 6) is 0.457. The summed E-state index contributed by atoms with van der Waals surface area (Å²) < 4.78 is 2.07. The zero-order chi connectivity index (χ0) is 20.2. The number of benzene rings is 1. The minimum Gasteiger partial charge on any atom is -0.508 e. The molecule has 6 nitrogen and oxygen atoms in total. The molecule has 2 aliphatic heterocycles. The second kappa shape index (κ2) is 8.74. The van der Waals surface area contributed by atoms with Crippen molar-refractivity contribution in [3.8, 4) is 5.75 Å². The summed E-state index contributed by atoms with van der Waals surface area (Å²) in [6.07, 6.45) is 9.19. The van der Waals surface area contributed by atoms with E-state index >= 15 is 0 Å². The van der Waals surface area contributed by atoms with Gasteiger partial charge in [0.05, 0.1) is 5.56 Å². The van der Waals surface area contributed by atoms with E-state index in [2.05, 4.69) is 39.6 Å². The van der Waals surface area contributed by atoms with Crippen LogP contribution in [0, 0.1) is 0 Å². The first-order valence-corrected chi connectivity index (χ1v) is 10.6. The molecule has 1 saturated heterocycles. The topological polar surface area (TPSA) is 52.0 Å². The maximum atomic E-state index is 12.9. The van der Waals surface area contributed by atoms with Gasteiger partial charge in [-0.25, -0.2) is 0 Å². The average Bonchev–Trinajstić information content (AvgIpc) is 3.10. The third-order valence-electron chi connectivity index (χ3n) is 5.91. The van der Waals surface area contributed by atoms with Gasteiger partial charge in [-0.3, -0.25) is 9.69 Å². The lowest BCUT2D eigenvalue weighted by molar-refractivity contribution is 0.0767. The average molecular weight is 395 g/mol. The van der Waals surface area contributed by atoms with Crippen molar-refractivity contribution in [2.75, 3.05) is 50.7 Å². The zero-order valence-electron chi connectivity index (χ0n) is 17.1. The van der Waals surface area contributed by atoms with Crippen molar-refractivity contribution in [1.82, 2.24) is 14.4 Å². The van der Waals surface area contributed by atoms with Crippen LogP contribution in [0.3, 0.4) is 0 Å². The molecular weight excluding hydrogens is 364 g/mol. The number of phenols is 1. The number of rotatable bonds is 6. The number of aromatic hydroxyl groups is 1. The van der Waals surface area contributed by atoms with Crippen molar-refractivity contribution in [1.29, 1.82) is 0 Å². The Kier molecular flexibility index (Phi) is 5.90. The van der Waals surface area contributed by atoms with E-state index in [4.69, 9.17) is 0 Å². The molecule has 0 bridgehead atoms. The lowest BCUT2D eigenvalue weighted by atomic mass is 10.2. The Morgan fingerprint density at radius 3 is 2.48 bits per heavy atom. The number of fused-ring (bicyclic) bond motifs is 1. The SMILES string of the molecule is CCn1cc2c(c1)C(=O)N(CCCN1CCN(c3ccc(O)cc3)CC1)CC=C2. The van der Waals surface area contributed by atoms with Gasteiger partial charge in [0.25, 0.3) is 5.91 Å². The third kappa shape index (κ3) is 4.48. The molecule has 6 heteroatoms. The Labute approximate surface area is 172 Å². The van der Waals surface area contributed by atoms with Crippen LogP contribution in [0.15, 0.2) is 42.7 Å². The molecule has 154 valence electrons. The number of anilines is 1. The van der Waals surface area contributed by atoms with Crippen molar-refractivity contribution in [2.24, 2.45) is 0 Å². The van der Waals surface area contributed by atoms with Crippen molar-refractivity contribution < 1.29 is 9.90 Å². The van der Waals surface area contributed by atoms with Crippen LogP contribution in [0.5, 0.6) is 5.75 Å². The van der Waals surface area contributed by atoms with Crippen molar-refractivity contribution in [3.05, 3.63) is 53.9 Å². The van der Waals surface area contributed by atoms with Gasteiger partial charge in [0.15, 0.2) is 0 Å². The number of carbonyl (C=O) groups is 1. The van der Waals surface area contributed by atoms with Crippen LogP contribution in [-0.4, -0.2) is 71.2 Å². The fourth-order valence-corrected chi connectivity index (χ4v) is 4.15. The zero-order valence-corrected chi connectivity index (χ0v) is 17.1. The molecule has 1 aromatic heterocycles. The normalized spacial score (nSPS) is 17.5. The molecule has 0 spiro atoms. The van der Waals surface area contributed by atoms with Crippen LogP contribution in [0.2, 0.25) is 0 Å². The summed E-state index contributed by atoms with van der Waals surface area (Å²) in [5, 5.41) is 9.45. The van der Waals surface area contributed by atoms with E-state index < -0.39 is 0 Å². The van der Waals surface area contributed by atoms with E-state index in [1.165, 1.54) is 5.69 Å². The number of nitrogens with zero attached hydrogens (tertiary/aromatic N) is 4. The fraction of sp³-hybridized carbons (Fsp3) is 0.435. The lowest BCUT2D eigenvalue weighted by Gasteiger charge is -2.36. The molecule has 1 amide bonds. The van der Waals surface area contributed by atoms with Gasteiger partial charge >= 0.3 is 0 Å². The fourth-order valence-electron chi connectivity index (χ4n) is 4.15. The van der Waals surface area contributed by atoms with Gasteiger partial charge in [-0.15, -0.1) is 0 Å². The minimum absolute atomic E-state index is 0.148. The highest BCUT2D eigenvalue weighted by molar-refractivity contribution is 5.98. The Hall–Kier alpha value is -2.73. The number of carbonyl (C=O) groups excluding carboxylic acids is 1. The molecule has 2 aliphatic rings. The number of amides is 1. The number of piperazine rings is 1. The smallest absolute Gasteiger partial charge is 0.256 e. The standard InChI is InChI=1S/C23H30N4O2/c1-2-24-17-19-5-3-11-27(23(29)22(19)18-24)12-4-10-25-13-15-26(16-14-25)20-6-8-21(28)9-7-20/h3,5-9,17-18,28H,2,4,10-16H2,1H3. The highest BCUT2D eigenvalue weighted by atomic mass is 16.3. The van der Waals surface area contributed by atoms with Gasteiger partial charge in [0.2, 0.25) is 0 Å². The van der Waals surface area contributed by atoms with Gasteiger partial charge < -0.3 is 19.5 Å². The number of aromatic nitrogens is 1. The minimum atomic E-state index is 0.148. The van der Waals surface area contributed by atoms with Crippen LogP contribution in [0.4, 0.5) is 5.69 Å². The van der Waals surface area contributed by atoms with E-state index in [0.717, 1.165) is 63.4 Å². The van der Waals surface area contributed by atoms with Crippen LogP contribution >= 0.6 is 0 Å². The molecule has 2 aromatic rings. The second-order valence-corrected chi connectivity index (χ2v) is 7.81. The predicted octanol–water partition coefficient (Wildman–Crippen LogP) is 2.89. The summed E-state index contributed by atoms with van der Waals surface area (Å²) in [5.41, 5.74) is 3.02. The molecule has 0 radical (unpaired) electrons. The van der Waals surface area contributed by atoms with Crippen molar-refractivity contribution in [3.63, 3.8) is 0 Å². The molecule has 0 unspecified atom stereocenters. The highest BCUT2D eigenvalue weighted by Crippen LogP contribution is 2.21. The van der Waals surface area contributed by atoms with Crippen LogP contribution in [0.25, 0.3) is 6.08 Å². The summed E-state index contributed by atoms with van der Waals surface area (Å²) in [7, 11) is 0. The maximum Gasteiger partial charge on any atom is 0.256 e. The monoisotopic (exact) mass is 394 g/mol. The van der Waals surface area contributed by atoms with E-state index in [-0.39, 0.29) is 5.91 Å². The molecule has 1 N–H and O–H groups in total. The molecule has 1 aromatic carbocycles. The van der Waals surface area contributed by atoms with E-state index in [0.29, 0.717) is 12.3 Å².